The van der Waals surface area contributed by atoms with Gasteiger partial charge in [0.2, 0.25) is 0 Å². The molecule has 0 bridgehead atoms. The number of hydrogen-bond acceptors (Lipinski definition) is 4. The Labute approximate surface area is 173 Å². The Hall–Kier alpha value is -3.06. The van der Waals surface area contributed by atoms with Crippen molar-refractivity contribution in [1.82, 2.24) is 9.78 Å². The fraction of sp³-hybridized carbons (Fsp3) is 0.238. The highest BCUT2D eigenvalue weighted by Crippen LogP contribution is 2.29. The van der Waals surface area contributed by atoms with Crippen LogP contribution >= 0.6 is 11.6 Å². The smallest absolute Gasteiger partial charge is 0.255 e. The van der Waals surface area contributed by atoms with Crippen LogP contribution in [0.3, 0.4) is 0 Å². The Balaban J connectivity index is 1.86. The van der Waals surface area contributed by atoms with Gasteiger partial charge >= 0.3 is 0 Å². The number of carbonyl (C=O) groups excluding carboxylic acids is 1. The summed E-state index contributed by atoms with van der Waals surface area (Å²) >= 11 is 6.12. The van der Waals surface area contributed by atoms with Crippen LogP contribution in [0.4, 0.5) is 10.1 Å². The van der Waals surface area contributed by atoms with E-state index in [1.807, 2.05) is 0 Å². The van der Waals surface area contributed by atoms with Crippen molar-refractivity contribution in [2.75, 3.05) is 19.5 Å². The minimum atomic E-state index is -0.402. The van der Waals surface area contributed by atoms with Crippen molar-refractivity contribution in [3.63, 3.8) is 0 Å². The number of aromatic nitrogens is 2. The predicted molar refractivity (Wildman–Crippen MR) is 110 cm³/mol. The van der Waals surface area contributed by atoms with Crippen molar-refractivity contribution in [3.8, 4) is 11.5 Å². The lowest BCUT2D eigenvalue weighted by molar-refractivity contribution is 0.102. The minimum Gasteiger partial charge on any atom is -0.493 e. The predicted octanol–water partition coefficient (Wildman–Crippen LogP) is 4.61. The zero-order valence-electron chi connectivity index (χ0n) is 16.5. The average Bonchev–Trinajstić information content (AvgIpc) is 2.97. The SMILES string of the molecule is COc1ccc(C(=O)Nc2c(C)nn(Cc3c(F)cccc3Cl)c2C)cc1OC. The molecule has 0 fully saturated rings. The number of ether oxygens (including phenoxy) is 2. The number of hydrogen-bond donors (Lipinski definition) is 1. The first-order valence-corrected chi connectivity index (χ1v) is 9.23. The summed E-state index contributed by atoms with van der Waals surface area (Å²) < 4.78 is 26.2. The molecule has 6 nitrogen and oxygen atoms in total. The standard InChI is InChI=1S/C21H21ClFN3O3/c1-12-20(24-21(27)14-8-9-18(28-3)19(10-14)29-4)13(2)26(25-12)11-15-16(22)6-5-7-17(15)23/h5-10H,11H2,1-4H3,(H,24,27). The topological polar surface area (TPSA) is 65.4 Å². The highest BCUT2D eigenvalue weighted by atomic mass is 35.5. The number of nitrogens with one attached hydrogen (secondary N) is 1. The summed E-state index contributed by atoms with van der Waals surface area (Å²) in [4.78, 5) is 12.7. The van der Waals surface area contributed by atoms with Crippen LogP contribution in [-0.2, 0) is 6.54 Å². The van der Waals surface area contributed by atoms with Crippen LogP contribution in [0.5, 0.6) is 11.5 Å². The molecule has 0 radical (unpaired) electrons. The van der Waals surface area contributed by atoms with E-state index in [-0.39, 0.29) is 12.5 Å². The van der Waals surface area contributed by atoms with Crippen molar-refractivity contribution in [2.45, 2.75) is 20.4 Å². The van der Waals surface area contributed by atoms with Crippen molar-refractivity contribution in [3.05, 3.63) is 69.8 Å². The molecule has 0 spiro atoms. The molecular weight excluding hydrogens is 397 g/mol. The Morgan fingerprint density at radius 3 is 2.55 bits per heavy atom. The van der Waals surface area contributed by atoms with Gasteiger partial charge in [0.15, 0.2) is 11.5 Å². The van der Waals surface area contributed by atoms with Crippen molar-refractivity contribution in [2.24, 2.45) is 0 Å². The van der Waals surface area contributed by atoms with Crippen LogP contribution in [0.15, 0.2) is 36.4 Å². The van der Waals surface area contributed by atoms with E-state index in [1.54, 1.807) is 48.9 Å². The van der Waals surface area contributed by atoms with Gasteiger partial charge in [0, 0.05) is 16.1 Å². The fourth-order valence-electron chi connectivity index (χ4n) is 3.03. The molecule has 152 valence electrons. The van der Waals surface area contributed by atoms with Crippen LogP contribution in [0.1, 0.15) is 27.3 Å². The molecule has 0 atom stereocenters. The van der Waals surface area contributed by atoms with Gasteiger partial charge in [-0.3, -0.25) is 9.48 Å². The third kappa shape index (κ3) is 4.19. The van der Waals surface area contributed by atoms with E-state index >= 15 is 0 Å². The molecule has 0 aliphatic rings. The van der Waals surface area contributed by atoms with Gasteiger partial charge < -0.3 is 14.8 Å². The fourth-order valence-corrected chi connectivity index (χ4v) is 3.25. The minimum absolute atomic E-state index is 0.157. The maximum Gasteiger partial charge on any atom is 0.255 e. The molecule has 0 aliphatic carbocycles. The highest BCUT2D eigenvalue weighted by molar-refractivity contribution is 6.31. The lowest BCUT2D eigenvalue weighted by atomic mass is 10.1. The molecule has 1 aromatic heterocycles. The number of carbonyl (C=O) groups is 1. The number of aryl methyl sites for hydroxylation is 1. The summed E-state index contributed by atoms with van der Waals surface area (Å²) in [7, 11) is 3.03. The lowest BCUT2D eigenvalue weighted by Gasteiger charge is -2.11. The van der Waals surface area contributed by atoms with Gasteiger partial charge in [0.25, 0.3) is 5.91 Å². The van der Waals surface area contributed by atoms with Crippen molar-refractivity contribution >= 4 is 23.2 Å². The molecule has 0 saturated carbocycles. The zero-order valence-corrected chi connectivity index (χ0v) is 17.3. The van der Waals surface area contributed by atoms with Crippen molar-refractivity contribution < 1.29 is 18.7 Å². The monoisotopic (exact) mass is 417 g/mol. The van der Waals surface area contributed by atoms with Gasteiger partial charge in [-0.05, 0) is 44.2 Å². The quantitative estimate of drug-likeness (QED) is 0.636. The number of halogens is 2. The van der Waals surface area contributed by atoms with E-state index < -0.39 is 5.82 Å². The number of methoxy groups -OCH3 is 2. The largest absolute Gasteiger partial charge is 0.493 e. The number of amides is 1. The Morgan fingerprint density at radius 1 is 1.17 bits per heavy atom. The summed E-state index contributed by atoms with van der Waals surface area (Å²) in [5.74, 6) is 0.270. The summed E-state index contributed by atoms with van der Waals surface area (Å²) in [5, 5.41) is 7.63. The van der Waals surface area contributed by atoms with Crippen LogP contribution < -0.4 is 14.8 Å². The first kappa shape index (κ1) is 20.7. The maximum absolute atomic E-state index is 14.1. The van der Waals surface area contributed by atoms with Crippen molar-refractivity contribution in [1.29, 1.82) is 0 Å². The highest BCUT2D eigenvalue weighted by Gasteiger charge is 2.18. The molecule has 1 amide bonds. The average molecular weight is 418 g/mol. The summed E-state index contributed by atoms with van der Waals surface area (Å²) in [6.07, 6.45) is 0. The molecule has 2 aromatic carbocycles. The molecule has 3 aromatic rings. The second kappa shape index (κ2) is 8.53. The first-order chi connectivity index (χ1) is 13.8. The molecule has 8 heteroatoms. The van der Waals surface area contributed by atoms with Gasteiger partial charge in [0.1, 0.15) is 5.82 Å². The second-order valence-electron chi connectivity index (χ2n) is 6.43. The van der Waals surface area contributed by atoms with Gasteiger partial charge in [-0.25, -0.2) is 4.39 Å². The normalized spacial score (nSPS) is 10.7. The number of anilines is 1. The summed E-state index contributed by atoms with van der Waals surface area (Å²) in [6, 6.07) is 9.44. The molecule has 0 unspecified atom stereocenters. The van der Waals surface area contributed by atoms with Crippen LogP contribution in [0.2, 0.25) is 5.02 Å². The molecule has 3 rings (SSSR count). The lowest BCUT2D eigenvalue weighted by Crippen LogP contribution is -2.14. The molecule has 29 heavy (non-hydrogen) atoms. The molecule has 0 aliphatic heterocycles. The van der Waals surface area contributed by atoms with Gasteiger partial charge in [-0.15, -0.1) is 0 Å². The molecule has 1 N–H and O–H groups in total. The molecule has 1 heterocycles. The second-order valence-corrected chi connectivity index (χ2v) is 6.83. The first-order valence-electron chi connectivity index (χ1n) is 8.86. The van der Waals surface area contributed by atoms with E-state index in [2.05, 4.69) is 10.4 Å². The molecule has 0 saturated heterocycles. The maximum atomic E-state index is 14.1. The Morgan fingerprint density at radius 2 is 1.90 bits per heavy atom. The number of nitrogens with zero attached hydrogens (tertiary/aromatic N) is 2. The van der Waals surface area contributed by atoms with Gasteiger partial charge in [-0.1, -0.05) is 17.7 Å². The van der Waals surface area contributed by atoms with Crippen LogP contribution in [0.25, 0.3) is 0 Å². The van der Waals surface area contributed by atoms with E-state index in [4.69, 9.17) is 21.1 Å². The molecular formula is C21H21ClFN3O3. The van der Waals surface area contributed by atoms with E-state index in [0.29, 0.717) is 44.7 Å². The number of rotatable bonds is 6. The Bertz CT molecular complexity index is 1050. The third-order valence-corrected chi connectivity index (χ3v) is 4.99. The summed E-state index contributed by atoms with van der Waals surface area (Å²) in [5.41, 5.74) is 2.63. The van der Waals surface area contributed by atoms with Crippen LogP contribution in [0, 0.1) is 19.7 Å². The van der Waals surface area contributed by atoms with E-state index in [1.165, 1.54) is 20.3 Å². The van der Waals surface area contributed by atoms with E-state index in [9.17, 15) is 9.18 Å². The summed E-state index contributed by atoms with van der Waals surface area (Å²) in [6.45, 7) is 3.74. The number of benzene rings is 2. The third-order valence-electron chi connectivity index (χ3n) is 4.64. The van der Waals surface area contributed by atoms with Gasteiger partial charge in [0.05, 0.1) is 37.8 Å². The van der Waals surface area contributed by atoms with Crippen LogP contribution in [-0.4, -0.2) is 29.9 Å². The Kier molecular flexibility index (Phi) is 6.08. The van der Waals surface area contributed by atoms with Gasteiger partial charge in [-0.2, -0.15) is 5.10 Å². The zero-order chi connectivity index (χ0) is 21.1. The van der Waals surface area contributed by atoms with E-state index in [0.717, 1.165) is 0 Å².